The molecule has 0 fully saturated rings. The number of thiazole rings is 1. The molecule has 22 heavy (non-hydrogen) atoms. The Hall–Kier alpha value is -2.61. The second kappa shape index (κ2) is 5.64. The zero-order chi connectivity index (χ0) is 15.7. The van der Waals surface area contributed by atoms with Gasteiger partial charge in [-0.15, -0.1) is 21.5 Å². The number of benzene rings is 1. The first kappa shape index (κ1) is 14.3. The summed E-state index contributed by atoms with van der Waals surface area (Å²) >= 11 is 1.48. The average Bonchev–Trinajstić information content (AvgIpc) is 3.12. The summed E-state index contributed by atoms with van der Waals surface area (Å²) in [7, 11) is 3.18. The molecule has 0 unspecified atom stereocenters. The Morgan fingerprint density at radius 2 is 1.82 bits per heavy atom. The zero-order valence-electron chi connectivity index (χ0n) is 12.4. The van der Waals surface area contributed by atoms with Crippen LogP contribution in [0.1, 0.15) is 5.69 Å². The molecule has 2 N–H and O–H groups in total. The number of hydrogen-bond acceptors (Lipinski definition) is 7. The van der Waals surface area contributed by atoms with E-state index < -0.39 is 0 Å². The van der Waals surface area contributed by atoms with E-state index >= 15 is 0 Å². The number of hydrogen-bond donors (Lipinski definition) is 1. The Morgan fingerprint density at radius 1 is 1.14 bits per heavy atom. The lowest BCUT2D eigenvalue weighted by atomic mass is 10.2. The van der Waals surface area contributed by atoms with Crippen LogP contribution in [-0.4, -0.2) is 34.0 Å². The average molecular weight is 317 g/mol. The topological polar surface area (TPSA) is 88.1 Å². The van der Waals surface area contributed by atoms with Crippen LogP contribution in [0.2, 0.25) is 0 Å². The van der Waals surface area contributed by atoms with E-state index in [1.54, 1.807) is 18.8 Å². The van der Waals surface area contributed by atoms with Crippen LogP contribution in [-0.2, 0) is 0 Å². The molecule has 0 saturated heterocycles. The molecule has 8 heteroatoms. The molecule has 2 aromatic heterocycles. The summed E-state index contributed by atoms with van der Waals surface area (Å²) in [5.74, 6) is 2.02. The van der Waals surface area contributed by atoms with Gasteiger partial charge in [0, 0.05) is 11.1 Å². The lowest BCUT2D eigenvalue weighted by Gasteiger charge is -2.15. The van der Waals surface area contributed by atoms with Crippen LogP contribution in [0.3, 0.4) is 0 Å². The van der Waals surface area contributed by atoms with Gasteiger partial charge < -0.3 is 15.2 Å². The number of ether oxygens (including phenoxy) is 2. The van der Waals surface area contributed by atoms with E-state index in [0.717, 1.165) is 10.7 Å². The second-order valence-corrected chi connectivity index (χ2v) is 5.38. The molecule has 3 aromatic rings. The maximum atomic E-state index is 6.02. The fourth-order valence-electron chi connectivity index (χ4n) is 2.16. The Labute approximate surface area is 131 Å². The van der Waals surface area contributed by atoms with E-state index in [1.807, 2.05) is 30.5 Å². The molecule has 0 aliphatic heterocycles. The third-order valence-corrected chi connectivity index (χ3v) is 4.08. The summed E-state index contributed by atoms with van der Waals surface area (Å²) in [5, 5.41) is 10.8. The quantitative estimate of drug-likeness (QED) is 0.794. The number of nitrogen functional groups attached to an aromatic ring is 1. The minimum Gasteiger partial charge on any atom is -0.494 e. The molecule has 7 nitrogen and oxygen atoms in total. The summed E-state index contributed by atoms with van der Waals surface area (Å²) in [5.41, 5.74) is 7.59. The van der Waals surface area contributed by atoms with Crippen molar-refractivity contribution < 1.29 is 9.47 Å². The van der Waals surface area contributed by atoms with Gasteiger partial charge in [-0.2, -0.15) is 0 Å². The number of methoxy groups -OCH3 is 2. The molecule has 0 aliphatic carbocycles. The first-order valence-electron chi connectivity index (χ1n) is 6.50. The van der Waals surface area contributed by atoms with Crippen molar-refractivity contribution in [3.05, 3.63) is 29.3 Å². The number of aryl methyl sites for hydroxylation is 1. The molecule has 3 rings (SSSR count). The summed E-state index contributed by atoms with van der Waals surface area (Å²) < 4.78 is 12.6. The molecule has 0 saturated carbocycles. The fourth-order valence-corrected chi connectivity index (χ4v) is 2.93. The Kier molecular flexibility index (Phi) is 3.68. The van der Waals surface area contributed by atoms with Crippen molar-refractivity contribution >= 4 is 17.3 Å². The van der Waals surface area contributed by atoms with Gasteiger partial charge in [0.05, 0.1) is 14.2 Å². The Balaban J connectivity index is 2.28. The third kappa shape index (κ3) is 2.27. The van der Waals surface area contributed by atoms with Crippen molar-refractivity contribution in [3.8, 4) is 28.0 Å². The first-order valence-corrected chi connectivity index (χ1v) is 7.38. The van der Waals surface area contributed by atoms with Crippen LogP contribution >= 0.6 is 11.3 Å². The summed E-state index contributed by atoms with van der Waals surface area (Å²) in [6, 6.07) is 5.50. The van der Waals surface area contributed by atoms with E-state index in [4.69, 9.17) is 15.2 Å². The molecule has 0 aliphatic rings. The van der Waals surface area contributed by atoms with E-state index in [9.17, 15) is 0 Å². The zero-order valence-corrected chi connectivity index (χ0v) is 13.2. The maximum Gasteiger partial charge on any atom is 0.227 e. The highest BCUT2D eigenvalue weighted by Crippen LogP contribution is 2.37. The van der Waals surface area contributed by atoms with Gasteiger partial charge in [0.25, 0.3) is 0 Å². The van der Waals surface area contributed by atoms with Crippen LogP contribution in [0.5, 0.6) is 11.5 Å². The molecular formula is C14H15N5O2S. The molecule has 0 spiro atoms. The minimum atomic E-state index is 0.241. The van der Waals surface area contributed by atoms with Crippen molar-refractivity contribution in [3.63, 3.8) is 0 Å². The molecule has 114 valence electrons. The monoisotopic (exact) mass is 317 g/mol. The molecule has 0 amide bonds. The van der Waals surface area contributed by atoms with E-state index in [1.165, 1.54) is 11.3 Å². The van der Waals surface area contributed by atoms with Crippen LogP contribution in [0.15, 0.2) is 23.6 Å². The molecule has 1 aromatic carbocycles. The largest absolute Gasteiger partial charge is 0.494 e. The molecule has 2 heterocycles. The normalized spacial score (nSPS) is 10.7. The van der Waals surface area contributed by atoms with Crippen molar-refractivity contribution in [1.82, 2.24) is 19.7 Å². The van der Waals surface area contributed by atoms with Crippen molar-refractivity contribution in [2.45, 2.75) is 6.92 Å². The molecule has 0 bridgehead atoms. The van der Waals surface area contributed by atoms with Crippen molar-refractivity contribution in [2.75, 3.05) is 20.0 Å². The summed E-state index contributed by atoms with van der Waals surface area (Å²) in [4.78, 5) is 4.45. The molecule has 0 atom stereocenters. The fraction of sp³-hybridized carbons (Fsp3) is 0.214. The van der Waals surface area contributed by atoms with Crippen LogP contribution in [0.25, 0.3) is 16.5 Å². The van der Waals surface area contributed by atoms with Gasteiger partial charge in [-0.3, -0.25) is 4.57 Å². The summed E-state index contributed by atoms with van der Waals surface area (Å²) in [6.45, 7) is 1.92. The van der Waals surface area contributed by atoms with Gasteiger partial charge in [0.2, 0.25) is 5.95 Å². The standard InChI is InChI=1S/C14H15N5O2S/c1-8-7-22-13(16-8)12-17-18-14(15)19(12)11-9(20-2)5-4-6-10(11)21-3/h4-7H,1-3H3,(H2,15,18). The molecular weight excluding hydrogens is 302 g/mol. The smallest absolute Gasteiger partial charge is 0.227 e. The van der Waals surface area contributed by atoms with E-state index in [-0.39, 0.29) is 5.95 Å². The van der Waals surface area contributed by atoms with Crippen LogP contribution in [0, 0.1) is 6.92 Å². The van der Waals surface area contributed by atoms with Crippen molar-refractivity contribution in [2.24, 2.45) is 0 Å². The predicted octanol–water partition coefficient (Wildman–Crippen LogP) is 2.30. The molecule has 0 radical (unpaired) electrons. The van der Waals surface area contributed by atoms with Gasteiger partial charge in [0.1, 0.15) is 17.2 Å². The Morgan fingerprint density at radius 3 is 2.36 bits per heavy atom. The number of aromatic nitrogens is 4. The maximum absolute atomic E-state index is 6.02. The minimum absolute atomic E-state index is 0.241. The van der Waals surface area contributed by atoms with Gasteiger partial charge in [-0.1, -0.05) is 6.07 Å². The number of nitrogens with two attached hydrogens (primary N) is 1. The summed E-state index contributed by atoms with van der Waals surface area (Å²) in [6.07, 6.45) is 0. The van der Waals surface area contributed by atoms with Gasteiger partial charge >= 0.3 is 0 Å². The van der Waals surface area contributed by atoms with Gasteiger partial charge in [-0.25, -0.2) is 4.98 Å². The predicted molar refractivity (Wildman–Crippen MR) is 84.7 cm³/mol. The number of nitrogens with zero attached hydrogens (tertiary/aromatic N) is 4. The van der Waals surface area contributed by atoms with Crippen LogP contribution < -0.4 is 15.2 Å². The SMILES string of the molecule is COc1cccc(OC)c1-n1c(N)nnc1-c1nc(C)cs1. The number of anilines is 1. The van der Waals surface area contributed by atoms with E-state index in [2.05, 4.69) is 15.2 Å². The number of para-hydroxylation sites is 1. The van der Waals surface area contributed by atoms with Crippen LogP contribution in [0.4, 0.5) is 5.95 Å². The number of rotatable bonds is 4. The van der Waals surface area contributed by atoms with Gasteiger partial charge in [-0.05, 0) is 19.1 Å². The second-order valence-electron chi connectivity index (χ2n) is 4.52. The Bertz CT molecular complexity index is 789. The lowest BCUT2D eigenvalue weighted by molar-refractivity contribution is 0.391. The van der Waals surface area contributed by atoms with E-state index in [0.29, 0.717) is 23.0 Å². The highest BCUT2D eigenvalue weighted by atomic mass is 32.1. The lowest BCUT2D eigenvalue weighted by Crippen LogP contribution is -2.06. The highest BCUT2D eigenvalue weighted by molar-refractivity contribution is 7.13. The van der Waals surface area contributed by atoms with Crippen molar-refractivity contribution in [1.29, 1.82) is 0 Å². The third-order valence-electron chi connectivity index (χ3n) is 3.12. The highest BCUT2D eigenvalue weighted by Gasteiger charge is 2.22. The first-order chi connectivity index (χ1) is 10.7. The van der Waals surface area contributed by atoms with Gasteiger partial charge in [0.15, 0.2) is 10.8 Å².